The van der Waals surface area contributed by atoms with E-state index in [2.05, 4.69) is 10.3 Å². The maximum absolute atomic E-state index is 12.1. The Morgan fingerprint density at radius 2 is 2.04 bits per heavy atom. The molecule has 0 aliphatic heterocycles. The minimum Gasteiger partial charge on any atom is -0.445 e. The Morgan fingerprint density at radius 3 is 2.75 bits per heavy atom. The molecule has 0 saturated carbocycles. The first-order chi connectivity index (χ1) is 11.6. The summed E-state index contributed by atoms with van der Waals surface area (Å²) in [4.78, 5) is 16.2. The predicted molar refractivity (Wildman–Crippen MR) is 91.6 cm³/mol. The molecule has 3 aromatic rings. The van der Waals surface area contributed by atoms with Crippen LogP contribution in [0.1, 0.15) is 18.1 Å². The van der Waals surface area contributed by atoms with E-state index in [0.717, 1.165) is 5.56 Å². The lowest BCUT2D eigenvalue weighted by atomic mass is 10.1. The summed E-state index contributed by atoms with van der Waals surface area (Å²) >= 11 is 5.81. The third kappa shape index (κ3) is 4.01. The molecule has 0 aliphatic rings. The highest BCUT2D eigenvalue weighted by Crippen LogP contribution is 2.23. The number of rotatable bonds is 5. The molecule has 0 saturated heterocycles. The number of oxazole rings is 1. The molecule has 2 N–H and O–H groups in total. The van der Waals surface area contributed by atoms with Gasteiger partial charge in [-0.3, -0.25) is 4.79 Å². The number of benzene rings is 2. The fraction of sp³-hybridized carbons (Fsp3) is 0.111. The summed E-state index contributed by atoms with van der Waals surface area (Å²) < 4.78 is 5.24. The molecule has 1 atom stereocenters. The van der Waals surface area contributed by atoms with Gasteiger partial charge in [0.2, 0.25) is 11.8 Å². The van der Waals surface area contributed by atoms with E-state index >= 15 is 0 Å². The molecule has 1 aromatic heterocycles. The van der Waals surface area contributed by atoms with Crippen LogP contribution >= 0.6 is 11.6 Å². The number of aliphatic hydroxyl groups excluding tert-OH is 1. The molecule has 3 rings (SSSR count). The Hall–Kier alpha value is -2.63. The molecule has 0 radical (unpaired) electrons. The lowest BCUT2D eigenvalue weighted by Gasteiger charge is -2.12. The van der Waals surface area contributed by atoms with Crippen molar-refractivity contribution in [1.29, 1.82) is 0 Å². The largest absolute Gasteiger partial charge is 0.445 e. The first kappa shape index (κ1) is 16.2. The second-order valence-corrected chi connectivity index (χ2v) is 5.67. The Kier molecular flexibility index (Phi) is 4.93. The maximum Gasteiger partial charge on any atom is 0.227 e. The monoisotopic (exact) mass is 342 g/mol. The van der Waals surface area contributed by atoms with Gasteiger partial charge in [0.05, 0.1) is 18.7 Å². The van der Waals surface area contributed by atoms with Gasteiger partial charge in [-0.1, -0.05) is 29.8 Å². The first-order valence-electron chi connectivity index (χ1n) is 7.35. The van der Waals surface area contributed by atoms with E-state index in [1.165, 1.54) is 6.26 Å². The standard InChI is InChI=1S/C18H15ClN2O3/c19-14-6-4-12(5-7-14)16(22)11-17(23)21-15-3-1-2-13(10-15)18-20-8-9-24-18/h1-10,16,22H,11H2,(H,21,23). The number of aromatic nitrogens is 1. The van der Waals surface area contributed by atoms with Crippen LogP contribution < -0.4 is 5.32 Å². The number of hydrogen-bond acceptors (Lipinski definition) is 4. The predicted octanol–water partition coefficient (Wildman–Crippen LogP) is 4.06. The van der Waals surface area contributed by atoms with Gasteiger partial charge in [0, 0.05) is 16.3 Å². The van der Waals surface area contributed by atoms with Crippen LogP contribution in [0.3, 0.4) is 0 Å². The van der Waals surface area contributed by atoms with Gasteiger partial charge in [0.15, 0.2) is 0 Å². The number of anilines is 1. The van der Waals surface area contributed by atoms with Crippen LogP contribution in [0.25, 0.3) is 11.5 Å². The van der Waals surface area contributed by atoms with Crippen molar-refractivity contribution in [3.8, 4) is 11.5 Å². The van der Waals surface area contributed by atoms with E-state index in [9.17, 15) is 9.90 Å². The van der Waals surface area contributed by atoms with Crippen molar-refractivity contribution >= 4 is 23.2 Å². The number of nitrogens with zero attached hydrogens (tertiary/aromatic N) is 1. The van der Waals surface area contributed by atoms with Gasteiger partial charge in [-0.05, 0) is 35.9 Å². The van der Waals surface area contributed by atoms with Crippen molar-refractivity contribution in [3.63, 3.8) is 0 Å². The molecule has 1 heterocycles. The van der Waals surface area contributed by atoms with Gasteiger partial charge in [-0.15, -0.1) is 0 Å². The third-order valence-electron chi connectivity index (χ3n) is 3.46. The minimum atomic E-state index is -0.891. The number of aliphatic hydroxyl groups is 1. The number of carbonyl (C=O) groups is 1. The SMILES string of the molecule is O=C(CC(O)c1ccc(Cl)cc1)Nc1cccc(-c2ncco2)c1. The van der Waals surface area contributed by atoms with Gasteiger partial charge in [-0.2, -0.15) is 0 Å². The van der Waals surface area contributed by atoms with Gasteiger partial charge in [0.1, 0.15) is 6.26 Å². The molecule has 0 spiro atoms. The van der Waals surface area contributed by atoms with E-state index in [1.54, 1.807) is 48.7 Å². The van der Waals surface area contributed by atoms with Crippen molar-refractivity contribution in [3.05, 3.63) is 71.6 Å². The van der Waals surface area contributed by atoms with Crippen molar-refractivity contribution in [2.75, 3.05) is 5.32 Å². The average Bonchev–Trinajstić information content (AvgIpc) is 3.10. The lowest BCUT2D eigenvalue weighted by molar-refractivity contribution is -0.118. The van der Waals surface area contributed by atoms with Crippen LogP contribution in [0.15, 0.2) is 65.4 Å². The summed E-state index contributed by atoms with van der Waals surface area (Å²) in [5, 5.41) is 13.5. The molecule has 6 heteroatoms. The van der Waals surface area contributed by atoms with Crippen molar-refractivity contribution in [1.82, 2.24) is 4.98 Å². The third-order valence-corrected chi connectivity index (χ3v) is 3.71. The number of amides is 1. The summed E-state index contributed by atoms with van der Waals surface area (Å²) in [6.07, 6.45) is 2.11. The van der Waals surface area contributed by atoms with E-state index in [-0.39, 0.29) is 12.3 Å². The Morgan fingerprint density at radius 1 is 1.25 bits per heavy atom. The molecule has 1 amide bonds. The summed E-state index contributed by atoms with van der Waals surface area (Å²) in [6, 6.07) is 13.9. The van der Waals surface area contributed by atoms with Gasteiger partial charge in [0.25, 0.3) is 0 Å². The zero-order valence-corrected chi connectivity index (χ0v) is 13.4. The number of halogens is 1. The van der Waals surface area contributed by atoms with Crippen LogP contribution in [0.4, 0.5) is 5.69 Å². The molecule has 5 nitrogen and oxygen atoms in total. The highest BCUT2D eigenvalue weighted by Gasteiger charge is 2.13. The topological polar surface area (TPSA) is 75.4 Å². The van der Waals surface area contributed by atoms with E-state index in [0.29, 0.717) is 22.2 Å². The first-order valence-corrected chi connectivity index (χ1v) is 7.73. The van der Waals surface area contributed by atoms with Gasteiger partial charge < -0.3 is 14.8 Å². The van der Waals surface area contributed by atoms with Crippen molar-refractivity contribution in [2.24, 2.45) is 0 Å². The fourth-order valence-electron chi connectivity index (χ4n) is 2.29. The van der Waals surface area contributed by atoms with Crippen molar-refractivity contribution < 1.29 is 14.3 Å². The zero-order chi connectivity index (χ0) is 16.9. The lowest BCUT2D eigenvalue weighted by Crippen LogP contribution is -2.15. The molecule has 0 aliphatic carbocycles. The van der Waals surface area contributed by atoms with Crippen LogP contribution in [0.2, 0.25) is 5.02 Å². The fourth-order valence-corrected chi connectivity index (χ4v) is 2.41. The summed E-state index contributed by atoms with van der Waals surface area (Å²) in [6.45, 7) is 0. The number of carbonyl (C=O) groups excluding carboxylic acids is 1. The molecule has 122 valence electrons. The quantitative estimate of drug-likeness (QED) is 0.733. The zero-order valence-electron chi connectivity index (χ0n) is 12.6. The Bertz CT molecular complexity index is 817. The molecular weight excluding hydrogens is 328 g/mol. The highest BCUT2D eigenvalue weighted by molar-refractivity contribution is 6.30. The number of nitrogens with one attached hydrogen (secondary N) is 1. The smallest absolute Gasteiger partial charge is 0.227 e. The second-order valence-electron chi connectivity index (χ2n) is 5.24. The molecule has 2 aromatic carbocycles. The number of hydrogen-bond donors (Lipinski definition) is 2. The second kappa shape index (κ2) is 7.29. The van der Waals surface area contributed by atoms with Crippen LogP contribution in [-0.4, -0.2) is 16.0 Å². The normalized spacial score (nSPS) is 11.9. The molecule has 24 heavy (non-hydrogen) atoms. The van der Waals surface area contributed by atoms with Gasteiger partial charge in [-0.25, -0.2) is 4.98 Å². The molecule has 0 bridgehead atoms. The van der Waals surface area contributed by atoms with Gasteiger partial charge >= 0.3 is 0 Å². The van der Waals surface area contributed by atoms with E-state index in [4.69, 9.17) is 16.0 Å². The molecule has 1 unspecified atom stereocenters. The highest BCUT2D eigenvalue weighted by atomic mass is 35.5. The Balaban J connectivity index is 1.64. The average molecular weight is 343 g/mol. The van der Waals surface area contributed by atoms with E-state index in [1.807, 2.05) is 6.07 Å². The Labute approximate surface area is 143 Å². The van der Waals surface area contributed by atoms with Crippen LogP contribution in [-0.2, 0) is 4.79 Å². The summed E-state index contributed by atoms with van der Waals surface area (Å²) in [7, 11) is 0. The van der Waals surface area contributed by atoms with Crippen molar-refractivity contribution in [2.45, 2.75) is 12.5 Å². The molecule has 0 fully saturated rings. The summed E-state index contributed by atoms with van der Waals surface area (Å²) in [5.74, 6) is 0.189. The van der Waals surface area contributed by atoms with Crippen LogP contribution in [0, 0.1) is 0 Å². The molecular formula is C18H15ClN2O3. The maximum atomic E-state index is 12.1. The summed E-state index contributed by atoms with van der Waals surface area (Å²) in [5.41, 5.74) is 2.01. The minimum absolute atomic E-state index is 0.0507. The van der Waals surface area contributed by atoms with E-state index < -0.39 is 6.10 Å². The van der Waals surface area contributed by atoms with Crippen LogP contribution in [0.5, 0.6) is 0 Å².